The van der Waals surface area contributed by atoms with Crippen LogP contribution in [0.5, 0.6) is 0 Å². The summed E-state index contributed by atoms with van der Waals surface area (Å²) >= 11 is 5.05. The number of nitrogens with one attached hydrogen (secondary N) is 1. The topological polar surface area (TPSA) is 204 Å². The van der Waals surface area contributed by atoms with Gasteiger partial charge in [-0.25, -0.2) is 9.48 Å². The number of thioether (sulfide) groups is 3. The number of hydrogen-bond donors (Lipinski definition) is 3. The molecular weight excluding hydrogens is 541 g/mol. The highest BCUT2D eigenvalue weighted by Crippen LogP contribution is 2.41. The number of carboxylic acid groups (broad SMARTS) is 1. The number of nitrogens with two attached hydrogens (primary N) is 1. The Balaban J connectivity index is 1.48. The lowest BCUT2D eigenvalue weighted by Gasteiger charge is -2.49. The van der Waals surface area contributed by atoms with Gasteiger partial charge in [0.15, 0.2) is 5.13 Å². The molecule has 2 amide bonds. The molecule has 0 spiro atoms. The van der Waals surface area contributed by atoms with E-state index >= 15 is 0 Å². The average molecular weight is 559 g/mol. The Bertz CT molecular complexity index is 1210. The molecule has 2 aromatic rings. The number of carbonyl (C=O) groups is 3. The summed E-state index contributed by atoms with van der Waals surface area (Å²) in [5.74, 6) is -1.37. The summed E-state index contributed by atoms with van der Waals surface area (Å²) in [5.41, 5.74) is 5.79. The first kappa shape index (κ1) is 25.2. The number of aromatic nitrogens is 6. The second-order valence-electron chi connectivity index (χ2n) is 6.86. The van der Waals surface area contributed by atoms with Crippen LogP contribution in [0.1, 0.15) is 5.82 Å². The molecule has 35 heavy (non-hydrogen) atoms. The number of hydrogen-bond acceptors (Lipinski definition) is 15. The van der Waals surface area contributed by atoms with Crippen LogP contribution in [0.15, 0.2) is 21.6 Å². The van der Waals surface area contributed by atoms with E-state index in [1.54, 1.807) is 4.68 Å². The number of nitrogen functional groups attached to an aromatic ring is 1. The van der Waals surface area contributed by atoms with E-state index in [-0.39, 0.29) is 22.4 Å². The third kappa shape index (κ3) is 5.07. The first-order valence-electron chi connectivity index (χ1n) is 9.65. The lowest BCUT2D eigenvalue weighted by atomic mass is 10.0. The van der Waals surface area contributed by atoms with Gasteiger partial charge in [0.05, 0.1) is 5.88 Å². The number of oxime groups is 1. The van der Waals surface area contributed by atoms with Gasteiger partial charge in [-0.2, -0.15) is 9.36 Å². The van der Waals surface area contributed by atoms with Gasteiger partial charge in [-0.15, -0.1) is 28.6 Å². The van der Waals surface area contributed by atoms with Crippen molar-refractivity contribution in [1.82, 2.24) is 39.8 Å². The molecular formula is C16H18N10O5S4. The maximum Gasteiger partial charge on any atom is 0.352 e. The van der Waals surface area contributed by atoms with Crippen LogP contribution >= 0.6 is 46.8 Å². The molecule has 2 aliphatic rings. The molecule has 0 bridgehead atoms. The van der Waals surface area contributed by atoms with Crippen LogP contribution in [0.4, 0.5) is 5.13 Å². The highest BCUT2D eigenvalue weighted by molar-refractivity contribution is 8.01. The molecule has 2 aromatic heterocycles. The van der Waals surface area contributed by atoms with Gasteiger partial charge in [-0.1, -0.05) is 16.9 Å². The minimum absolute atomic E-state index is 0.0407. The summed E-state index contributed by atoms with van der Waals surface area (Å²) in [6.07, 6.45) is 1.91. The minimum atomic E-state index is -1.23. The summed E-state index contributed by atoms with van der Waals surface area (Å²) in [6, 6.07) is -0.956. The van der Waals surface area contributed by atoms with Crippen LogP contribution in [0.3, 0.4) is 0 Å². The minimum Gasteiger partial charge on any atom is -0.477 e. The van der Waals surface area contributed by atoms with Crippen molar-refractivity contribution >= 4 is 75.4 Å². The van der Waals surface area contributed by atoms with Crippen LogP contribution in [0.2, 0.25) is 0 Å². The number of amides is 2. The van der Waals surface area contributed by atoms with Gasteiger partial charge in [0.25, 0.3) is 11.8 Å². The number of rotatable bonds is 10. The van der Waals surface area contributed by atoms with Crippen molar-refractivity contribution in [3.63, 3.8) is 0 Å². The van der Waals surface area contributed by atoms with E-state index in [0.29, 0.717) is 28.1 Å². The summed E-state index contributed by atoms with van der Waals surface area (Å²) in [7, 11) is 1.25. The summed E-state index contributed by atoms with van der Waals surface area (Å²) in [4.78, 5) is 47.6. The third-order valence-corrected chi connectivity index (χ3v) is 8.14. The Morgan fingerprint density at radius 3 is 2.89 bits per heavy atom. The van der Waals surface area contributed by atoms with Gasteiger partial charge in [0.2, 0.25) is 16.7 Å². The molecule has 15 nitrogen and oxygen atoms in total. The Kier molecular flexibility index (Phi) is 7.77. The zero-order chi connectivity index (χ0) is 25.1. The molecule has 19 heteroatoms. The summed E-state index contributed by atoms with van der Waals surface area (Å²) in [5, 5.41) is 27.7. The van der Waals surface area contributed by atoms with Gasteiger partial charge >= 0.3 is 5.97 Å². The molecule has 2 atom stereocenters. The highest BCUT2D eigenvalue weighted by atomic mass is 32.2. The molecule has 0 radical (unpaired) electrons. The maximum atomic E-state index is 12.9. The van der Waals surface area contributed by atoms with Crippen LogP contribution in [-0.2, 0) is 25.1 Å². The Labute approximate surface area is 214 Å². The fourth-order valence-electron chi connectivity index (χ4n) is 3.27. The number of β-lactam (4-membered cyclic amide) rings is 1. The number of fused-ring (bicyclic) bond motifs is 1. The average Bonchev–Trinajstić information content (AvgIpc) is 3.47. The van der Waals surface area contributed by atoms with Gasteiger partial charge in [0, 0.05) is 23.0 Å². The molecule has 2 aliphatic heterocycles. The predicted molar refractivity (Wildman–Crippen MR) is 130 cm³/mol. The van der Waals surface area contributed by atoms with Crippen LogP contribution in [0, 0.1) is 0 Å². The summed E-state index contributed by atoms with van der Waals surface area (Å²) in [6.45, 7) is 0. The largest absolute Gasteiger partial charge is 0.477 e. The van der Waals surface area contributed by atoms with E-state index in [2.05, 4.69) is 35.4 Å². The van der Waals surface area contributed by atoms with Gasteiger partial charge in [-0.3, -0.25) is 14.5 Å². The van der Waals surface area contributed by atoms with E-state index in [1.807, 2.05) is 6.26 Å². The second kappa shape index (κ2) is 10.8. The second-order valence-corrected chi connectivity index (χ2v) is 10.5. The monoisotopic (exact) mass is 558 g/mol. The molecule has 1 fully saturated rings. The number of nitrogens with zero attached hydrogens (tertiary/aromatic N) is 8. The fourth-order valence-corrected chi connectivity index (χ4v) is 6.56. The molecule has 0 saturated carbocycles. The first-order valence-corrected chi connectivity index (χ1v) is 13.8. The van der Waals surface area contributed by atoms with Crippen molar-refractivity contribution in [2.45, 2.75) is 22.4 Å². The van der Waals surface area contributed by atoms with Crippen molar-refractivity contribution in [3.05, 3.63) is 17.1 Å². The van der Waals surface area contributed by atoms with Crippen molar-refractivity contribution in [2.24, 2.45) is 5.16 Å². The molecule has 4 N–H and O–H groups in total. The van der Waals surface area contributed by atoms with E-state index in [4.69, 9.17) is 10.6 Å². The van der Waals surface area contributed by atoms with Gasteiger partial charge in [-0.05, 0) is 22.3 Å². The Hall–Kier alpha value is -2.90. The smallest absolute Gasteiger partial charge is 0.352 e. The molecule has 186 valence electrons. The van der Waals surface area contributed by atoms with Crippen molar-refractivity contribution < 1.29 is 24.3 Å². The molecule has 0 aromatic carbocycles. The predicted octanol–water partition coefficient (Wildman–Crippen LogP) is -0.691. The maximum absolute atomic E-state index is 12.9. The normalized spacial score (nSPS) is 19.9. The SMILES string of the molecule is CON=C(C(=O)NC1C(=O)N2C(C(=O)O)=C(CSc3nnnn3CSC)CS[C@@H]12)c1nsc(N)n1. The molecule has 1 saturated heterocycles. The quantitative estimate of drug-likeness (QED) is 0.143. The number of tetrazole rings is 1. The van der Waals surface area contributed by atoms with Crippen molar-refractivity contribution in [3.8, 4) is 0 Å². The highest BCUT2D eigenvalue weighted by Gasteiger charge is 2.54. The number of carboxylic acids is 1. The van der Waals surface area contributed by atoms with Crippen LogP contribution in [0.25, 0.3) is 0 Å². The number of carbonyl (C=O) groups excluding carboxylic acids is 2. The molecule has 4 heterocycles. The first-order chi connectivity index (χ1) is 16.8. The summed E-state index contributed by atoms with van der Waals surface area (Å²) < 4.78 is 5.55. The van der Waals surface area contributed by atoms with Crippen molar-refractivity contribution in [1.29, 1.82) is 0 Å². The van der Waals surface area contributed by atoms with Crippen LogP contribution in [-0.4, -0.2) is 99.4 Å². The lowest BCUT2D eigenvalue weighted by molar-refractivity contribution is -0.150. The van der Waals surface area contributed by atoms with E-state index in [1.165, 1.54) is 47.3 Å². The van der Waals surface area contributed by atoms with Crippen molar-refractivity contribution in [2.75, 3.05) is 30.6 Å². The standard InChI is InChI=1S/C16H18N10O5S4/c1-31-21-7(10-19-15(17)35-22-10)11(27)18-8-12(28)26-9(14(29)30)6(3-33-13(8)26)4-34-16-20-23-24-25(16)5-32-2/h8,13H,3-5H2,1-2H3,(H,18,27)(H,29,30)(H2,17,19,22)/t8?,13-/m0/s1. The third-order valence-electron chi connectivity index (χ3n) is 4.71. The Morgan fingerprint density at radius 2 is 2.23 bits per heavy atom. The Morgan fingerprint density at radius 1 is 1.43 bits per heavy atom. The molecule has 1 unspecified atom stereocenters. The van der Waals surface area contributed by atoms with E-state index < -0.39 is 29.2 Å². The molecule has 4 rings (SSSR count). The fraction of sp³-hybridized carbons (Fsp3) is 0.438. The zero-order valence-electron chi connectivity index (χ0n) is 18.1. The molecule has 0 aliphatic carbocycles. The number of anilines is 1. The van der Waals surface area contributed by atoms with Crippen LogP contribution < -0.4 is 11.1 Å². The number of aliphatic carboxylic acids is 1. The van der Waals surface area contributed by atoms with E-state index in [9.17, 15) is 19.5 Å². The van der Waals surface area contributed by atoms with E-state index in [0.717, 1.165) is 11.5 Å². The lowest BCUT2D eigenvalue weighted by Crippen LogP contribution is -2.71. The van der Waals surface area contributed by atoms with Gasteiger partial charge < -0.3 is 21.0 Å². The zero-order valence-corrected chi connectivity index (χ0v) is 21.4. The van der Waals surface area contributed by atoms with Gasteiger partial charge in [0.1, 0.15) is 24.2 Å².